The molecule has 0 aliphatic heterocycles. The fourth-order valence-electron chi connectivity index (χ4n) is 2.18. The molecule has 0 atom stereocenters. The molecular weight excluding hydrogens is 294 g/mol. The number of benzene rings is 1. The van der Waals surface area contributed by atoms with Gasteiger partial charge in [0, 0.05) is 18.8 Å². The van der Waals surface area contributed by atoms with Crippen LogP contribution in [0.3, 0.4) is 0 Å². The number of nitrogens with one attached hydrogen (secondary N) is 2. The molecule has 3 aromatic rings. The molecule has 23 heavy (non-hydrogen) atoms. The third kappa shape index (κ3) is 3.76. The van der Waals surface area contributed by atoms with E-state index in [2.05, 4.69) is 25.3 Å². The zero-order chi connectivity index (χ0) is 16.1. The highest BCUT2D eigenvalue weighted by molar-refractivity contribution is 5.76. The SMILES string of the molecule is O=C(CCc1ccccc1)NCc1nc2nccnc2c(=O)[nH]1. The monoisotopic (exact) mass is 309 g/mol. The van der Waals surface area contributed by atoms with Gasteiger partial charge in [0.1, 0.15) is 5.82 Å². The molecule has 1 amide bonds. The zero-order valence-electron chi connectivity index (χ0n) is 12.3. The van der Waals surface area contributed by atoms with Gasteiger partial charge < -0.3 is 10.3 Å². The van der Waals surface area contributed by atoms with E-state index in [4.69, 9.17) is 0 Å². The summed E-state index contributed by atoms with van der Waals surface area (Å²) in [6, 6.07) is 9.78. The Kier molecular flexibility index (Phi) is 4.37. The molecule has 0 aliphatic carbocycles. The van der Waals surface area contributed by atoms with E-state index in [1.807, 2.05) is 30.3 Å². The lowest BCUT2D eigenvalue weighted by atomic mass is 10.1. The van der Waals surface area contributed by atoms with E-state index >= 15 is 0 Å². The predicted octanol–water partition coefficient (Wildman–Crippen LogP) is 0.962. The number of fused-ring (bicyclic) bond motifs is 1. The van der Waals surface area contributed by atoms with Gasteiger partial charge in [0.15, 0.2) is 11.2 Å². The normalized spacial score (nSPS) is 10.6. The Balaban J connectivity index is 1.60. The molecule has 0 saturated heterocycles. The van der Waals surface area contributed by atoms with Crippen molar-refractivity contribution in [2.75, 3.05) is 0 Å². The average molecular weight is 309 g/mol. The summed E-state index contributed by atoms with van der Waals surface area (Å²) in [5, 5.41) is 2.74. The first-order chi connectivity index (χ1) is 11.2. The Labute approximate surface area is 131 Å². The van der Waals surface area contributed by atoms with Crippen molar-refractivity contribution in [1.82, 2.24) is 25.3 Å². The number of aryl methyl sites for hydroxylation is 1. The quantitative estimate of drug-likeness (QED) is 0.731. The summed E-state index contributed by atoms with van der Waals surface area (Å²) in [6.45, 7) is 0.148. The maximum atomic E-state index is 11.9. The van der Waals surface area contributed by atoms with Crippen LogP contribution in [-0.2, 0) is 17.8 Å². The van der Waals surface area contributed by atoms with Gasteiger partial charge in [0.25, 0.3) is 5.56 Å². The molecule has 0 bridgehead atoms. The molecule has 1 aromatic carbocycles. The Bertz CT molecular complexity index is 876. The van der Waals surface area contributed by atoms with Crippen LogP contribution in [0.2, 0.25) is 0 Å². The molecule has 0 unspecified atom stereocenters. The molecule has 0 aliphatic rings. The minimum Gasteiger partial charge on any atom is -0.349 e. The maximum absolute atomic E-state index is 11.9. The third-order valence-electron chi connectivity index (χ3n) is 3.33. The van der Waals surface area contributed by atoms with Crippen LogP contribution in [0.15, 0.2) is 47.5 Å². The van der Waals surface area contributed by atoms with Crippen LogP contribution in [0.5, 0.6) is 0 Å². The summed E-state index contributed by atoms with van der Waals surface area (Å²) in [5.74, 6) is 0.256. The van der Waals surface area contributed by atoms with E-state index in [0.29, 0.717) is 18.7 Å². The summed E-state index contributed by atoms with van der Waals surface area (Å²) in [6.07, 6.45) is 3.95. The number of H-pyrrole nitrogens is 1. The number of aromatic nitrogens is 4. The minimum absolute atomic E-state index is 0.101. The Hall–Kier alpha value is -3.09. The van der Waals surface area contributed by atoms with Crippen molar-refractivity contribution in [3.05, 3.63) is 64.5 Å². The van der Waals surface area contributed by atoms with Gasteiger partial charge >= 0.3 is 0 Å². The number of hydrogen-bond acceptors (Lipinski definition) is 5. The largest absolute Gasteiger partial charge is 0.349 e. The van der Waals surface area contributed by atoms with Crippen LogP contribution in [0.1, 0.15) is 17.8 Å². The first-order valence-corrected chi connectivity index (χ1v) is 7.23. The first-order valence-electron chi connectivity index (χ1n) is 7.23. The van der Waals surface area contributed by atoms with Crippen LogP contribution < -0.4 is 10.9 Å². The lowest BCUT2D eigenvalue weighted by Crippen LogP contribution is -2.26. The highest BCUT2D eigenvalue weighted by Crippen LogP contribution is 2.02. The van der Waals surface area contributed by atoms with Gasteiger partial charge in [-0.15, -0.1) is 0 Å². The predicted molar refractivity (Wildman–Crippen MR) is 84.6 cm³/mol. The average Bonchev–Trinajstić information content (AvgIpc) is 2.59. The summed E-state index contributed by atoms with van der Waals surface area (Å²) >= 11 is 0. The number of hydrogen-bond donors (Lipinski definition) is 2. The second-order valence-electron chi connectivity index (χ2n) is 5.00. The molecule has 2 heterocycles. The van der Waals surface area contributed by atoms with E-state index in [1.54, 1.807) is 0 Å². The van der Waals surface area contributed by atoms with Crippen LogP contribution in [0.4, 0.5) is 0 Å². The fraction of sp³-hybridized carbons (Fsp3) is 0.188. The van der Waals surface area contributed by atoms with Gasteiger partial charge in [0.2, 0.25) is 5.91 Å². The van der Waals surface area contributed by atoms with Crippen molar-refractivity contribution in [2.45, 2.75) is 19.4 Å². The Morgan fingerprint density at radius 3 is 2.74 bits per heavy atom. The molecule has 7 heteroatoms. The molecule has 116 valence electrons. The van der Waals surface area contributed by atoms with E-state index in [1.165, 1.54) is 12.4 Å². The van der Waals surface area contributed by atoms with Crippen molar-refractivity contribution in [2.24, 2.45) is 0 Å². The maximum Gasteiger partial charge on any atom is 0.279 e. The number of rotatable bonds is 5. The number of carbonyl (C=O) groups is 1. The lowest BCUT2D eigenvalue weighted by molar-refractivity contribution is -0.121. The molecule has 0 fully saturated rings. The standard InChI is InChI=1S/C16H15N5O2/c22-13(7-6-11-4-2-1-3-5-11)19-10-12-20-15-14(16(23)21-12)17-8-9-18-15/h1-5,8-9H,6-7,10H2,(H,19,22)(H,18,20,21,23). The van der Waals surface area contributed by atoms with Gasteiger partial charge in [0.05, 0.1) is 6.54 Å². The topological polar surface area (TPSA) is 101 Å². The Morgan fingerprint density at radius 2 is 1.91 bits per heavy atom. The summed E-state index contributed by atoms with van der Waals surface area (Å²) < 4.78 is 0. The molecule has 0 saturated carbocycles. The molecule has 0 radical (unpaired) electrons. The van der Waals surface area contributed by atoms with Crippen molar-refractivity contribution >= 4 is 17.1 Å². The highest BCUT2D eigenvalue weighted by atomic mass is 16.1. The van der Waals surface area contributed by atoms with Crippen molar-refractivity contribution in [3.8, 4) is 0 Å². The summed E-state index contributed by atoms with van der Waals surface area (Å²) in [5.41, 5.74) is 1.20. The van der Waals surface area contributed by atoms with Gasteiger partial charge in [-0.1, -0.05) is 30.3 Å². The van der Waals surface area contributed by atoms with Crippen molar-refractivity contribution in [1.29, 1.82) is 0 Å². The van der Waals surface area contributed by atoms with E-state index in [-0.39, 0.29) is 29.2 Å². The van der Waals surface area contributed by atoms with Crippen molar-refractivity contribution < 1.29 is 4.79 Å². The van der Waals surface area contributed by atoms with Crippen LogP contribution in [0.25, 0.3) is 11.2 Å². The van der Waals surface area contributed by atoms with Crippen LogP contribution in [0, 0.1) is 0 Å². The van der Waals surface area contributed by atoms with Gasteiger partial charge in [-0.25, -0.2) is 15.0 Å². The molecule has 3 rings (SSSR count). The second-order valence-corrected chi connectivity index (χ2v) is 5.00. The molecule has 2 N–H and O–H groups in total. The van der Waals surface area contributed by atoms with E-state index in [9.17, 15) is 9.59 Å². The number of carbonyl (C=O) groups excluding carboxylic acids is 1. The number of nitrogens with zero attached hydrogens (tertiary/aromatic N) is 3. The van der Waals surface area contributed by atoms with Gasteiger partial charge in [-0.05, 0) is 12.0 Å². The summed E-state index contributed by atoms with van der Waals surface area (Å²) in [7, 11) is 0. The van der Waals surface area contributed by atoms with Gasteiger partial charge in [-0.3, -0.25) is 9.59 Å². The highest BCUT2D eigenvalue weighted by Gasteiger charge is 2.07. The van der Waals surface area contributed by atoms with Crippen molar-refractivity contribution in [3.63, 3.8) is 0 Å². The smallest absolute Gasteiger partial charge is 0.279 e. The molecule has 0 spiro atoms. The van der Waals surface area contributed by atoms with E-state index < -0.39 is 0 Å². The van der Waals surface area contributed by atoms with Crippen LogP contribution >= 0.6 is 0 Å². The fourth-order valence-corrected chi connectivity index (χ4v) is 2.18. The van der Waals surface area contributed by atoms with E-state index in [0.717, 1.165) is 5.56 Å². The number of aromatic amines is 1. The lowest BCUT2D eigenvalue weighted by Gasteiger charge is -2.05. The minimum atomic E-state index is -0.364. The summed E-state index contributed by atoms with van der Waals surface area (Å²) in [4.78, 5) is 38.4. The number of amides is 1. The van der Waals surface area contributed by atoms with Gasteiger partial charge in [-0.2, -0.15) is 0 Å². The zero-order valence-corrected chi connectivity index (χ0v) is 12.3. The molecular formula is C16H15N5O2. The first kappa shape index (κ1) is 14.8. The Morgan fingerprint density at radius 1 is 1.13 bits per heavy atom. The second kappa shape index (κ2) is 6.78. The molecule has 7 nitrogen and oxygen atoms in total. The third-order valence-corrected chi connectivity index (χ3v) is 3.33. The van der Waals surface area contributed by atoms with Crippen LogP contribution in [-0.4, -0.2) is 25.8 Å². The molecule has 2 aromatic heterocycles.